The normalized spacial score (nSPS) is 34.9. The molecule has 0 amide bonds. The first kappa shape index (κ1) is 6.81. The van der Waals surface area contributed by atoms with Crippen molar-refractivity contribution >= 4 is 0 Å². The Morgan fingerprint density at radius 2 is 2.11 bits per heavy atom. The number of allylic oxidation sites excluding steroid dienone is 1. The van der Waals surface area contributed by atoms with E-state index in [0.29, 0.717) is 6.04 Å². The molecule has 0 aromatic heterocycles. The molecule has 1 rings (SSSR count). The van der Waals surface area contributed by atoms with Gasteiger partial charge >= 0.3 is 0 Å². The highest BCUT2D eigenvalue weighted by atomic mass is 14.9. The van der Waals surface area contributed by atoms with Crippen molar-refractivity contribution in [2.75, 3.05) is 7.05 Å². The first-order valence-corrected chi connectivity index (χ1v) is 3.68. The summed E-state index contributed by atoms with van der Waals surface area (Å²) in [5.41, 5.74) is 0. The quantitative estimate of drug-likeness (QED) is 0.524. The van der Waals surface area contributed by atoms with Gasteiger partial charge < -0.3 is 5.32 Å². The lowest BCUT2D eigenvalue weighted by Crippen LogP contribution is -2.25. The Bertz CT molecular complexity index is 107. The van der Waals surface area contributed by atoms with Gasteiger partial charge in [-0.1, -0.05) is 19.1 Å². The highest BCUT2D eigenvalue weighted by molar-refractivity contribution is 4.99. The van der Waals surface area contributed by atoms with E-state index in [1.807, 2.05) is 7.05 Å². The maximum absolute atomic E-state index is 3.24. The summed E-state index contributed by atoms with van der Waals surface area (Å²) in [5, 5.41) is 3.24. The highest BCUT2D eigenvalue weighted by Crippen LogP contribution is 2.15. The third-order valence-corrected chi connectivity index (χ3v) is 1.98. The van der Waals surface area contributed by atoms with Gasteiger partial charge in [0.2, 0.25) is 0 Å². The zero-order valence-electron chi connectivity index (χ0n) is 6.22. The van der Waals surface area contributed by atoms with Crippen molar-refractivity contribution in [2.24, 2.45) is 5.92 Å². The fourth-order valence-electron chi connectivity index (χ4n) is 1.20. The first-order valence-electron chi connectivity index (χ1n) is 3.68. The van der Waals surface area contributed by atoms with Crippen LogP contribution in [-0.4, -0.2) is 13.1 Å². The number of likely N-dealkylation sites (N-methyl/N-ethyl adjacent to an activating group) is 1. The summed E-state index contributed by atoms with van der Waals surface area (Å²) in [5.74, 6) is 0.801. The van der Waals surface area contributed by atoms with Crippen molar-refractivity contribution in [3.8, 4) is 0 Å². The Morgan fingerprint density at radius 3 is 2.56 bits per heavy atom. The Morgan fingerprint density at radius 1 is 1.33 bits per heavy atom. The molecule has 1 nitrogen and oxygen atoms in total. The molecule has 0 aliphatic heterocycles. The van der Waals surface area contributed by atoms with Crippen LogP contribution in [0.5, 0.6) is 0 Å². The van der Waals surface area contributed by atoms with Crippen LogP contribution in [0.2, 0.25) is 0 Å². The summed E-state index contributed by atoms with van der Waals surface area (Å²) in [6.07, 6.45) is 7.20. The van der Waals surface area contributed by atoms with Gasteiger partial charge in [-0.2, -0.15) is 0 Å². The smallest absolute Gasteiger partial charge is 0.0247 e. The predicted octanol–water partition coefficient (Wildman–Crippen LogP) is 1.56. The van der Waals surface area contributed by atoms with Gasteiger partial charge in [-0.05, 0) is 25.8 Å². The topological polar surface area (TPSA) is 12.0 Å². The second-order valence-corrected chi connectivity index (χ2v) is 2.83. The monoisotopic (exact) mass is 125 g/mol. The lowest BCUT2D eigenvalue weighted by Gasteiger charge is -2.18. The van der Waals surface area contributed by atoms with Gasteiger partial charge in [-0.15, -0.1) is 0 Å². The molecule has 1 aliphatic rings. The van der Waals surface area contributed by atoms with Crippen LogP contribution in [-0.2, 0) is 0 Å². The fourth-order valence-corrected chi connectivity index (χ4v) is 1.20. The molecule has 2 atom stereocenters. The van der Waals surface area contributed by atoms with Crippen LogP contribution in [0.25, 0.3) is 0 Å². The van der Waals surface area contributed by atoms with Crippen LogP contribution in [0.4, 0.5) is 0 Å². The van der Waals surface area contributed by atoms with Crippen LogP contribution in [0.1, 0.15) is 19.8 Å². The minimum Gasteiger partial charge on any atom is -0.314 e. The maximum atomic E-state index is 3.24. The van der Waals surface area contributed by atoms with Gasteiger partial charge in [0.15, 0.2) is 0 Å². The summed E-state index contributed by atoms with van der Waals surface area (Å²) >= 11 is 0. The molecule has 2 unspecified atom stereocenters. The molecule has 1 aliphatic carbocycles. The van der Waals surface area contributed by atoms with E-state index in [-0.39, 0.29) is 0 Å². The van der Waals surface area contributed by atoms with E-state index in [1.165, 1.54) is 12.8 Å². The molecule has 52 valence electrons. The minimum atomic E-state index is 0.640. The van der Waals surface area contributed by atoms with Crippen molar-refractivity contribution in [3.05, 3.63) is 12.2 Å². The Balaban J connectivity index is 2.38. The van der Waals surface area contributed by atoms with Crippen LogP contribution >= 0.6 is 0 Å². The molecule has 0 heterocycles. The zero-order valence-corrected chi connectivity index (χ0v) is 6.22. The fraction of sp³-hybridized carbons (Fsp3) is 0.750. The summed E-state index contributed by atoms with van der Waals surface area (Å²) in [6.45, 7) is 2.27. The Labute approximate surface area is 57.1 Å². The molecule has 1 heteroatoms. The lowest BCUT2D eigenvalue weighted by molar-refractivity contribution is 0.499. The second kappa shape index (κ2) is 3.02. The number of rotatable bonds is 1. The van der Waals surface area contributed by atoms with Gasteiger partial charge in [0.1, 0.15) is 0 Å². The molecule has 0 saturated heterocycles. The number of nitrogens with one attached hydrogen (secondary N) is 1. The van der Waals surface area contributed by atoms with E-state index in [0.717, 1.165) is 5.92 Å². The minimum absolute atomic E-state index is 0.640. The average molecular weight is 125 g/mol. The van der Waals surface area contributed by atoms with Crippen LogP contribution in [0.15, 0.2) is 12.2 Å². The maximum Gasteiger partial charge on any atom is 0.0247 e. The van der Waals surface area contributed by atoms with Crippen LogP contribution in [0, 0.1) is 5.92 Å². The molecule has 0 fully saturated rings. The largest absolute Gasteiger partial charge is 0.314 e. The Kier molecular flexibility index (Phi) is 2.29. The van der Waals surface area contributed by atoms with E-state index in [1.54, 1.807) is 0 Å². The van der Waals surface area contributed by atoms with Crippen molar-refractivity contribution in [2.45, 2.75) is 25.8 Å². The molecule has 0 saturated carbocycles. The van der Waals surface area contributed by atoms with Crippen LogP contribution < -0.4 is 5.32 Å². The molecular weight excluding hydrogens is 110 g/mol. The van der Waals surface area contributed by atoms with Crippen molar-refractivity contribution in [3.63, 3.8) is 0 Å². The molecular formula is C8H15N. The third-order valence-electron chi connectivity index (χ3n) is 1.98. The average Bonchev–Trinajstić information content (AvgIpc) is 1.90. The highest BCUT2D eigenvalue weighted by Gasteiger charge is 2.08. The van der Waals surface area contributed by atoms with E-state index < -0.39 is 0 Å². The summed E-state index contributed by atoms with van der Waals surface area (Å²) in [7, 11) is 2.02. The number of hydrogen-bond acceptors (Lipinski definition) is 1. The molecule has 1 N–H and O–H groups in total. The Hall–Kier alpha value is -0.300. The van der Waals surface area contributed by atoms with Crippen LogP contribution in [0.3, 0.4) is 0 Å². The predicted molar refractivity (Wildman–Crippen MR) is 40.4 cm³/mol. The third kappa shape index (κ3) is 1.83. The van der Waals surface area contributed by atoms with Crippen molar-refractivity contribution in [1.29, 1.82) is 0 Å². The molecule has 0 aromatic carbocycles. The van der Waals surface area contributed by atoms with Gasteiger partial charge in [-0.3, -0.25) is 0 Å². The van der Waals surface area contributed by atoms with Gasteiger partial charge in [-0.25, -0.2) is 0 Å². The van der Waals surface area contributed by atoms with E-state index in [2.05, 4.69) is 24.4 Å². The summed E-state index contributed by atoms with van der Waals surface area (Å²) in [4.78, 5) is 0. The lowest BCUT2D eigenvalue weighted by atomic mass is 9.95. The first-order chi connectivity index (χ1) is 4.33. The number of hydrogen-bond donors (Lipinski definition) is 1. The van der Waals surface area contributed by atoms with E-state index in [9.17, 15) is 0 Å². The van der Waals surface area contributed by atoms with Crippen molar-refractivity contribution < 1.29 is 0 Å². The standard InChI is InChI=1S/C8H15N/c1-7-3-5-8(9-2)6-4-7/h3,5,7-9H,4,6H2,1-2H3. The van der Waals surface area contributed by atoms with E-state index in [4.69, 9.17) is 0 Å². The zero-order chi connectivity index (χ0) is 6.69. The van der Waals surface area contributed by atoms with Gasteiger partial charge in [0.05, 0.1) is 0 Å². The molecule has 0 radical (unpaired) electrons. The molecule has 0 bridgehead atoms. The van der Waals surface area contributed by atoms with Gasteiger partial charge in [0, 0.05) is 6.04 Å². The second-order valence-electron chi connectivity index (χ2n) is 2.83. The summed E-state index contributed by atoms with van der Waals surface area (Å²) < 4.78 is 0. The van der Waals surface area contributed by atoms with Gasteiger partial charge in [0.25, 0.3) is 0 Å². The van der Waals surface area contributed by atoms with Crippen molar-refractivity contribution in [1.82, 2.24) is 5.32 Å². The molecule has 9 heavy (non-hydrogen) atoms. The van der Waals surface area contributed by atoms with E-state index >= 15 is 0 Å². The SMILES string of the molecule is CNC1C=CC(C)CC1. The summed E-state index contributed by atoms with van der Waals surface area (Å²) in [6, 6.07) is 0.640. The molecule has 0 aromatic rings. The molecule has 0 spiro atoms.